The summed E-state index contributed by atoms with van der Waals surface area (Å²) in [6, 6.07) is 10.3. The van der Waals surface area contributed by atoms with Crippen molar-refractivity contribution < 1.29 is 14.3 Å². The number of hydrogen-bond donors (Lipinski definition) is 0. The Morgan fingerprint density at radius 1 is 1.05 bits per heavy atom. The van der Waals surface area contributed by atoms with Gasteiger partial charge in [-0.25, -0.2) is 4.98 Å². The van der Waals surface area contributed by atoms with Gasteiger partial charge in [0.05, 0.1) is 17.7 Å². The molecule has 21 heavy (non-hydrogen) atoms. The van der Waals surface area contributed by atoms with E-state index in [1.54, 1.807) is 36.5 Å². The number of hydrogen-bond acceptors (Lipinski definition) is 4. The summed E-state index contributed by atoms with van der Waals surface area (Å²) in [6.07, 6.45) is 1.62. The number of halogens is 1. The fourth-order valence-electron chi connectivity index (χ4n) is 2.13. The van der Waals surface area contributed by atoms with Gasteiger partial charge in [0.15, 0.2) is 0 Å². The van der Waals surface area contributed by atoms with E-state index in [0.717, 1.165) is 4.47 Å². The molecule has 0 aliphatic carbocycles. The van der Waals surface area contributed by atoms with Gasteiger partial charge in [-0.2, -0.15) is 0 Å². The molecule has 1 aliphatic heterocycles. The molecule has 106 valence electrons. The van der Waals surface area contributed by atoms with Crippen LogP contribution in [0.25, 0.3) is 0 Å². The van der Waals surface area contributed by atoms with Crippen molar-refractivity contribution in [2.75, 3.05) is 13.2 Å². The van der Waals surface area contributed by atoms with E-state index in [0.29, 0.717) is 17.0 Å². The van der Waals surface area contributed by atoms with E-state index in [2.05, 4.69) is 20.9 Å². The minimum absolute atomic E-state index is 0.199. The van der Waals surface area contributed by atoms with Gasteiger partial charge in [0, 0.05) is 16.7 Å². The van der Waals surface area contributed by atoms with Crippen molar-refractivity contribution in [3.63, 3.8) is 0 Å². The Hall–Kier alpha value is -2.21. The number of imide groups is 1. The first kappa shape index (κ1) is 13.8. The van der Waals surface area contributed by atoms with Gasteiger partial charge in [-0.1, -0.05) is 12.1 Å². The molecule has 2 amide bonds. The van der Waals surface area contributed by atoms with Gasteiger partial charge in [-0.05, 0) is 34.1 Å². The molecule has 0 fully saturated rings. The van der Waals surface area contributed by atoms with Crippen LogP contribution in [0, 0.1) is 0 Å². The van der Waals surface area contributed by atoms with Crippen LogP contribution in [0.15, 0.2) is 47.1 Å². The third kappa shape index (κ3) is 2.67. The van der Waals surface area contributed by atoms with E-state index in [1.165, 1.54) is 4.90 Å². The molecule has 2 aromatic rings. The van der Waals surface area contributed by atoms with Crippen LogP contribution < -0.4 is 4.74 Å². The molecular formula is C15H11BrN2O3. The highest BCUT2D eigenvalue weighted by molar-refractivity contribution is 9.10. The molecule has 2 heterocycles. The maximum absolute atomic E-state index is 12.1. The van der Waals surface area contributed by atoms with Crippen molar-refractivity contribution >= 4 is 27.7 Å². The average Bonchev–Trinajstić information content (AvgIpc) is 2.75. The first-order chi connectivity index (χ1) is 10.2. The van der Waals surface area contributed by atoms with E-state index in [9.17, 15) is 9.59 Å². The first-order valence-corrected chi connectivity index (χ1v) is 7.15. The molecule has 0 radical (unpaired) electrons. The van der Waals surface area contributed by atoms with Crippen LogP contribution in [0.5, 0.6) is 5.88 Å². The zero-order valence-corrected chi connectivity index (χ0v) is 12.5. The van der Waals surface area contributed by atoms with Gasteiger partial charge >= 0.3 is 0 Å². The highest BCUT2D eigenvalue weighted by Crippen LogP contribution is 2.22. The molecule has 0 spiro atoms. The van der Waals surface area contributed by atoms with Gasteiger partial charge in [-0.15, -0.1) is 0 Å². The topological polar surface area (TPSA) is 59.5 Å². The van der Waals surface area contributed by atoms with Crippen LogP contribution in [-0.2, 0) is 0 Å². The second kappa shape index (κ2) is 5.65. The van der Waals surface area contributed by atoms with Crippen LogP contribution in [-0.4, -0.2) is 34.8 Å². The van der Waals surface area contributed by atoms with E-state index in [-0.39, 0.29) is 25.0 Å². The van der Waals surface area contributed by atoms with Crippen LogP contribution in [0.1, 0.15) is 20.7 Å². The molecule has 1 aromatic carbocycles. The van der Waals surface area contributed by atoms with Gasteiger partial charge in [0.1, 0.15) is 6.61 Å². The lowest BCUT2D eigenvalue weighted by molar-refractivity contribution is 0.0630. The molecule has 0 atom stereocenters. The number of benzene rings is 1. The lowest BCUT2D eigenvalue weighted by Crippen LogP contribution is -2.33. The molecule has 0 saturated carbocycles. The molecule has 0 saturated heterocycles. The number of aromatic nitrogens is 1. The summed E-state index contributed by atoms with van der Waals surface area (Å²) in [5.41, 5.74) is 0.897. The molecule has 3 rings (SSSR count). The Balaban J connectivity index is 1.63. The number of ether oxygens (including phenoxy) is 1. The number of amides is 2. The Morgan fingerprint density at radius 3 is 2.29 bits per heavy atom. The Labute approximate surface area is 129 Å². The van der Waals surface area contributed by atoms with Crippen molar-refractivity contribution in [2.45, 2.75) is 0 Å². The zero-order valence-electron chi connectivity index (χ0n) is 11.0. The molecule has 6 heteroatoms. The minimum atomic E-state index is -0.275. The maximum atomic E-state index is 12.1. The Kier molecular flexibility index (Phi) is 3.70. The summed E-state index contributed by atoms with van der Waals surface area (Å²) in [5, 5.41) is 0. The fourth-order valence-corrected chi connectivity index (χ4v) is 2.37. The van der Waals surface area contributed by atoms with Gasteiger partial charge < -0.3 is 4.74 Å². The van der Waals surface area contributed by atoms with Crippen LogP contribution in [0.3, 0.4) is 0 Å². The second-order valence-electron chi connectivity index (χ2n) is 4.47. The molecule has 5 nitrogen and oxygen atoms in total. The minimum Gasteiger partial charge on any atom is -0.476 e. The van der Waals surface area contributed by atoms with E-state index in [1.807, 2.05) is 6.07 Å². The number of nitrogens with zero attached hydrogens (tertiary/aromatic N) is 2. The molecule has 1 aromatic heterocycles. The largest absolute Gasteiger partial charge is 0.476 e. The van der Waals surface area contributed by atoms with Crippen LogP contribution in [0.4, 0.5) is 0 Å². The van der Waals surface area contributed by atoms with Crippen molar-refractivity contribution in [3.8, 4) is 5.88 Å². The fraction of sp³-hybridized carbons (Fsp3) is 0.133. The van der Waals surface area contributed by atoms with Crippen molar-refractivity contribution in [2.24, 2.45) is 0 Å². The number of rotatable bonds is 4. The van der Waals surface area contributed by atoms with E-state index in [4.69, 9.17) is 4.74 Å². The monoisotopic (exact) mass is 346 g/mol. The summed E-state index contributed by atoms with van der Waals surface area (Å²) in [5.74, 6) is -0.0965. The predicted octanol–water partition coefficient (Wildman–Crippen LogP) is 2.52. The lowest BCUT2D eigenvalue weighted by atomic mass is 10.1. The second-order valence-corrected chi connectivity index (χ2v) is 5.39. The highest BCUT2D eigenvalue weighted by atomic mass is 79.9. The van der Waals surface area contributed by atoms with Crippen LogP contribution in [0.2, 0.25) is 0 Å². The van der Waals surface area contributed by atoms with Crippen LogP contribution >= 0.6 is 15.9 Å². The standard InChI is InChI=1S/C15H11BrN2O3/c16-10-5-6-13(17-9-10)21-8-7-18-14(19)11-3-1-2-4-12(11)15(18)20/h1-6,9H,7-8H2. The molecule has 0 unspecified atom stereocenters. The van der Waals surface area contributed by atoms with Crippen molar-refractivity contribution in [1.82, 2.24) is 9.88 Å². The zero-order chi connectivity index (χ0) is 14.8. The van der Waals surface area contributed by atoms with Gasteiger partial charge in [-0.3, -0.25) is 14.5 Å². The van der Waals surface area contributed by atoms with E-state index >= 15 is 0 Å². The lowest BCUT2D eigenvalue weighted by Gasteiger charge is -2.13. The smallest absolute Gasteiger partial charge is 0.261 e. The first-order valence-electron chi connectivity index (χ1n) is 6.36. The summed E-state index contributed by atoms with van der Waals surface area (Å²) in [4.78, 5) is 29.5. The number of pyridine rings is 1. The van der Waals surface area contributed by atoms with Crippen molar-refractivity contribution in [1.29, 1.82) is 0 Å². The van der Waals surface area contributed by atoms with Gasteiger partial charge in [0.25, 0.3) is 11.8 Å². The maximum Gasteiger partial charge on any atom is 0.261 e. The molecule has 1 aliphatic rings. The quantitative estimate of drug-likeness (QED) is 0.798. The predicted molar refractivity (Wildman–Crippen MR) is 79.2 cm³/mol. The SMILES string of the molecule is O=C1c2ccccc2C(=O)N1CCOc1ccc(Br)cn1. The molecule has 0 bridgehead atoms. The Morgan fingerprint density at radius 2 is 1.71 bits per heavy atom. The van der Waals surface area contributed by atoms with Gasteiger partial charge in [0.2, 0.25) is 5.88 Å². The number of carbonyl (C=O) groups excluding carboxylic acids is 2. The molecular weight excluding hydrogens is 336 g/mol. The summed E-state index contributed by atoms with van der Waals surface area (Å²) in [6.45, 7) is 0.407. The summed E-state index contributed by atoms with van der Waals surface area (Å²) >= 11 is 3.28. The third-order valence-electron chi connectivity index (χ3n) is 3.14. The average molecular weight is 347 g/mol. The molecule has 0 N–H and O–H groups in total. The highest BCUT2D eigenvalue weighted by Gasteiger charge is 2.34. The van der Waals surface area contributed by atoms with E-state index < -0.39 is 0 Å². The summed E-state index contributed by atoms with van der Waals surface area (Å²) in [7, 11) is 0. The third-order valence-corrected chi connectivity index (χ3v) is 3.61. The number of carbonyl (C=O) groups is 2. The Bertz CT molecular complexity index is 665. The normalized spacial score (nSPS) is 13.5. The number of fused-ring (bicyclic) bond motifs is 1. The van der Waals surface area contributed by atoms with Crippen molar-refractivity contribution in [3.05, 3.63) is 58.2 Å². The summed E-state index contributed by atoms with van der Waals surface area (Å²) < 4.78 is 6.30.